The van der Waals surface area contributed by atoms with Crippen LogP contribution in [0.3, 0.4) is 0 Å². The van der Waals surface area contributed by atoms with E-state index in [0.717, 1.165) is 5.56 Å². The minimum Gasteiger partial charge on any atom is -0.550 e. The van der Waals surface area contributed by atoms with Crippen molar-refractivity contribution in [1.29, 1.82) is 0 Å². The molecular formula is C13H19NO4. The zero-order valence-corrected chi connectivity index (χ0v) is 10.9. The maximum absolute atomic E-state index is 10.5. The van der Waals surface area contributed by atoms with Crippen LogP contribution < -0.4 is 20.3 Å². The molecule has 0 saturated heterocycles. The Labute approximate surface area is 107 Å². The van der Waals surface area contributed by atoms with Crippen molar-refractivity contribution < 1.29 is 25.1 Å². The molecule has 0 fully saturated rings. The van der Waals surface area contributed by atoms with Crippen molar-refractivity contribution in [2.45, 2.75) is 32.4 Å². The number of rotatable bonds is 6. The highest BCUT2D eigenvalue weighted by atomic mass is 16.5. The molecule has 0 radical (unpaired) electrons. The summed E-state index contributed by atoms with van der Waals surface area (Å²) in [6.45, 7) is 3.85. The molecule has 5 heteroatoms. The molecule has 0 aliphatic heterocycles. The maximum atomic E-state index is 10.5. The monoisotopic (exact) mass is 253 g/mol. The fourth-order valence-corrected chi connectivity index (χ4v) is 1.61. The Kier molecular flexibility index (Phi) is 4.97. The van der Waals surface area contributed by atoms with Crippen LogP contribution in [0.2, 0.25) is 0 Å². The third-order valence-corrected chi connectivity index (χ3v) is 2.43. The lowest BCUT2D eigenvalue weighted by Gasteiger charge is -2.16. The Hall–Kier alpha value is -1.75. The zero-order chi connectivity index (χ0) is 13.7. The molecule has 0 spiro atoms. The van der Waals surface area contributed by atoms with Gasteiger partial charge >= 0.3 is 0 Å². The quantitative estimate of drug-likeness (QED) is 0.767. The summed E-state index contributed by atoms with van der Waals surface area (Å²) in [6.07, 6.45) is -0.0726. The van der Waals surface area contributed by atoms with Crippen LogP contribution in [0.4, 0.5) is 0 Å². The lowest BCUT2D eigenvalue weighted by molar-refractivity contribution is -0.430. The molecule has 0 saturated carbocycles. The van der Waals surface area contributed by atoms with Gasteiger partial charge in [-0.3, -0.25) is 0 Å². The molecule has 0 unspecified atom stereocenters. The average Bonchev–Trinajstić information content (AvgIpc) is 2.27. The van der Waals surface area contributed by atoms with Gasteiger partial charge < -0.3 is 25.1 Å². The van der Waals surface area contributed by atoms with Crippen LogP contribution in [0.25, 0.3) is 0 Å². The Bertz CT molecular complexity index is 417. The van der Waals surface area contributed by atoms with Gasteiger partial charge in [-0.25, -0.2) is 0 Å². The Morgan fingerprint density at radius 3 is 2.56 bits per heavy atom. The van der Waals surface area contributed by atoms with Crippen LogP contribution in [0.1, 0.15) is 31.9 Å². The fraction of sp³-hybridized carbons (Fsp3) is 0.462. The molecule has 3 N–H and O–H groups in total. The summed E-state index contributed by atoms with van der Waals surface area (Å²) in [7, 11) is 1.54. The first-order valence-corrected chi connectivity index (χ1v) is 5.81. The number of methoxy groups -OCH3 is 1. The number of carbonyl (C=O) groups is 1. The molecule has 100 valence electrons. The first-order valence-electron chi connectivity index (χ1n) is 5.81. The van der Waals surface area contributed by atoms with Crippen molar-refractivity contribution in [2.75, 3.05) is 7.11 Å². The Balaban J connectivity index is 2.94. The van der Waals surface area contributed by atoms with Crippen LogP contribution in [0.15, 0.2) is 18.2 Å². The van der Waals surface area contributed by atoms with Gasteiger partial charge in [0.1, 0.15) is 6.04 Å². The molecule has 0 heterocycles. The summed E-state index contributed by atoms with van der Waals surface area (Å²) in [5.74, 6) is 0.0987. The second-order valence-corrected chi connectivity index (χ2v) is 4.35. The molecule has 1 atom stereocenters. The van der Waals surface area contributed by atoms with Crippen LogP contribution in [0, 0.1) is 0 Å². The zero-order valence-electron chi connectivity index (χ0n) is 10.9. The van der Waals surface area contributed by atoms with E-state index in [2.05, 4.69) is 5.73 Å². The molecule has 0 bridgehead atoms. The van der Waals surface area contributed by atoms with Gasteiger partial charge in [0, 0.05) is 18.0 Å². The van der Waals surface area contributed by atoms with Gasteiger partial charge in [-0.15, -0.1) is 0 Å². The number of carboxylic acid groups (broad SMARTS) is 1. The Morgan fingerprint density at radius 2 is 2.06 bits per heavy atom. The van der Waals surface area contributed by atoms with Crippen molar-refractivity contribution in [3.05, 3.63) is 23.8 Å². The normalized spacial score (nSPS) is 12.3. The molecule has 1 rings (SSSR count). The molecule has 0 amide bonds. The van der Waals surface area contributed by atoms with Crippen LogP contribution in [-0.2, 0) is 4.79 Å². The maximum Gasteiger partial charge on any atom is 0.161 e. The highest BCUT2D eigenvalue weighted by Gasteiger charge is 2.14. The first kappa shape index (κ1) is 14.3. The van der Waals surface area contributed by atoms with Gasteiger partial charge in [-0.1, -0.05) is 0 Å². The van der Waals surface area contributed by atoms with Crippen LogP contribution >= 0.6 is 0 Å². The average molecular weight is 253 g/mol. The van der Waals surface area contributed by atoms with E-state index in [1.165, 1.54) is 0 Å². The van der Waals surface area contributed by atoms with E-state index >= 15 is 0 Å². The van der Waals surface area contributed by atoms with Crippen molar-refractivity contribution in [1.82, 2.24) is 0 Å². The second kappa shape index (κ2) is 6.26. The number of ether oxygens (including phenoxy) is 2. The van der Waals surface area contributed by atoms with E-state index in [9.17, 15) is 9.90 Å². The summed E-state index contributed by atoms with van der Waals surface area (Å²) < 4.78 is 10.8. The van der Waals surface area contributed by atoms with Gasteiger partial charge in [-0.05, 0) is 32.0 Å². The van der Waals surface area contributed by atoms with E-state index in [1.807, 2.05) is 13.8 Å². The predicted molar refractivity (Wildman–Crippen MR) is 64.0 cm³/mol. The van der Waals surface area contributed by atoms with E-state index < -0.39 is 5.97 Å². The molecule has 0 aliphatic rings. The summed E-state index contributed by atoms with van der Waals surface area (Å²) in [6, 6.07) is 4.94. The number of hydrogen-bond acceptors (Lipinski definition) is 4. The molecule has 0 aromatic heterocycles. The largest absolute Gasteiger partial charge is 0.550 e. The van der Waals surface area contributed by atoms with Crippen LogP contribution in [-0.4, -0.2) is 19.2 Å². The minimum absolute atomic E-state index is 0.0449. The highest BCUT2D eigenvalue weighted by Crippen LogP contribution is 2.30. The summed E-state index contributed by atoms with van der Waals surface area (Å²) >= 11 is 0. The Morgan fingerprint density at radius 1 is 1.39 bits per heavy atom. The highest BCUT2D eigenvalue weighted by molar-refractivity contribution is 5.65. The third-order valence-electron chi connectivity index (χ3n) is 2.43. The number of quaternary nitrogens is 1. The van der Waals surface area contributed by atoms with Crippen molar-refractivity contribution in [2.24, 2.45) is 0 Å². The summed E-state index contributed by atoms with van der Waals surface area (Å²) in [5, 5.41) is 10.5. The van der Waals surface area contributed by atoms with Crippen molar-refractivity contribution >= 4 is 5.97 Å². The van der Waals surface area contributed by atoms with E-state index in [0.29, 0.717) is 11.5 Å². The lowest BCUT2D eigenvalue weighted by atomic mass is 10.0. The van der Waals surface area contributed by atoms with Crippen molar-refractivity contribution in [3.8, 4) is 11.5 Å². The summed E-state index contributed by atoms with van der Waals surface area (Å²) in [5.41, 5.74) is 4.58. The minimum atomic E-state index is -1.11. The van der Waals surface area contributed by atoms with Gasteiger partial charge in [-0.2, -0.15) is 0 Å². The van der Waals surface area contributed by atoms with E-state index in [-0.39, 0.29) is 18.6 Å². The topological polar surface area (TPSA) is 86.2 Å². The predicted octanol–water partition coefficient (Wildman–Crippen LogP) is -0.0946. The second-order valence-electron chi connectivity index (χ2n) is 4.35. The lowest BCUT2D eigenvalue weighted by Crippen LogP contribution is -2.55. The molecule has 5 nitrogen and oxygen atoms in total. The van der Waals surface area contributed by atoms with E-state index in [1.54, 1.807) is 25.3 Å². The summed E-state index contributed by atoms with van der Waals surface area (Å²) in [4.78, 5) is 10.5. The van der Waals surface area contributed by atoms with Gasteiger partial charge in [0.2, 0.25) is 0 Å². The fourth-order valence-electron chi connectivity index (χ4n) is 1.61. The first-order chi connectivity index (χ1) is 8.43. The number of carbonyl (C=O) groups excluding carboxylic acids is 1. The van der Waals surface area contributed by atoms with Gasteiger partial charge in [0.25, 0.3) is 0 Å². The van der Waals surface area contributed by atoms with Crippen molar-refractivity contribution in [3.63, 3.8) is 0 Å². The number of benzene rings is 1. The number of carboxylic acids is 1. The molecule has 1 aromatic carbocycles. The van der Waals surface area contributed by atoms with Crippen LogP contribution in [0.5, 0.6) is 11.5 Å². The molecule has 1 aromatic rings. The van der Waals surface area contributed by atoms with Gasteiger partial charge in [0.15, 0.2) is 11.5 Å². The van der Waals surface area contributed by atoms with E-state index in [4.69, 9.17) is 9.47 Å². The molecular weight excluding hydrogens is 234 g/mol. The number of aliphatic carboxylic acids is 1. The third kappa shape index (κ3) is 3.92. The molecule has 0 aliphatic carbocycles. The smallest absolute Gasteiger partial charge is 0.161 e. The SMILES string of the molecule is COc1cc([C@H]([NH3+])CC(=O)[O-])ccc1OC(C)C. The van der Waals surface area contributed by atoms with Gasteiger partial charge in [0.05, 0.1) is 13.2 Å². The molecule has 18 heavy (non-hydrogen) atoms. The standard InChI is InChI=1S/C13H19NO4/c1-8(2)18-11-5-4-9(6-12(11)17-3)10(14)7-13(15)16/h4-6,8,10H,7,14H2,1-3H3,(H,15,16)/t10-/m1/s1. The number of hydrogen-bond donors (Lipinski definition) is 1.